The van der Waals surface area contributed by atoms with Crippen LogP contribution in [-0.2, 0) is 39.6 Å². The summed E-state index contributed by atoms with van der Waals surface area (Å²) in [6.45, 7) is 9.20. The summed E-state index contributed by atoms with van der Waals surface area (Å²) in [5.74, 6) is 0.0355. The van der Waals surface area contributed by atoms with Gasteiger partial charge >= 0.3 is 12.1 Å². The topological polar surface area (TPSA) is 123 Å². The van der Waals surface area contributed by atoms with Crippen LogP contribution in [0.15, 0.2) is 29.1 Å². The summed E-state index contributed by atoms with van der Waals surface area (Å²) in [6, 6.07) is 7.68. The zero-order chi connectivity index (χ0) is 31.6. The summed E-state index contributed by atoms with van der Waals surface area (Å²) < 4.78 is 19.0. The molecular weight excluding hydrogens is 564 g/mol. The molecule has 3 aliphatic heterocycles. The Balaban J connectivity index is 1.32. The van der Waals surface area contributed by atoms with Gasteiger partial charge in [0.1, 0.15) is 24.1 Å². The molecule has 0 aliphatic carbocycles. The number of pyridine rings is 2. The van der Waals surface area contributed by atoms with E-state index in [-0.39, 0.29) is 30.8 Å². The van der Waals surface area contributed by atoms with E-state index in [1.54, 1.807) is 22.5 Å². The summed E-state index contributed by atoms with van der Waals surface area (Å²) in [5.41, 5.74) is 1.81. The number of carbonyl (C=O) groups is 2. The second-order valence-electron chi connectivity index (χ2n) is 13.2. The molecular formula is C33H40N4O7. The molecule has 234 valence electrons. The molecule has 1 aromatic carbocycles. The van der Waals surface area contributed by atoms with Gasteiger partial charge in [0.25, 0.3) is 5.56 Å². The molecule has 0 saturated carbocycles. The van der Waals surface area contributed by atoms with E-state index in [1.165, 1.54) is 0 Å². The Morgan fingerprint density at radius 2 is 1.91 bits per heavy atom. The third kappa shape index (κ3) is 5.21. The van der Waals surface area contributed by atoms with Gasteiger partial charge in [-0.2, -0.15) is 0 Å². The lowest BCUT2D eigenvalue weighted by atomic mass is 9.86. The van der Waals surface area contributed by atoms with E-state index in [9.17, 15) is 19.5 Å². The van der Waals surface area contributed by atoms with Crippen LogP contribution in [0.1, 0.15) is 69.2 Å². The Hall–Kier alpha value is -3.96. The molecule has 0 unspecified atom stereocenters. The molecule has 1 atom stereocenters. The van der Waals surface area contributed by atoms with Crippen molar-refractivity contribution in [3.8, 4) is 17.1 Å². The molecule has 6 rings (SSSR count). The van der Waals surface area contributed by atoms with Gasteiger partial charge in [-0.1, -0.05) is 6.92 Å². The molecule has 1 amide bonds. The van der Waals surface area contributed by atoms with Crippen molar-refractivity contribution in [2.45, 2.75) is 84.0 Å². The average Bonchev–Trinajstić information content (AvgIpc) is 3.32. The molecule has 0 radical (unpaired) electrons. The second kappa shape index (κ2) is 10.9. The maximum Gasteiger partial charge on any atom is 0.410 e. The SMILES string of the molecule is CC[C@@]1(O)C(=O)OCc2c1cc1n(c2=O)Cc2cc3c(CN(C)C)c(OC4CCN(C(=O)OC(C)(C)C)CC4)ccc3nc2-1. The van der Waals surface area contributed by atoms with Gasteiger partial charge in [-0.25, -0.2) is 14.6 Å². The van der Waals surface area contributed by atoms with E-state index in [2.05, 4.69) is 11.0 Å². The van der Waals surface area contributed by atoms with Crippen molar-refractivity contribution in [1.82, 2.24) is 19.4 Å². The Bertz CT molecular complexity index is 1720. The van der Waals surface area contributed by atoms with Crippen LogP contribution in [0.2, 0.25) is 0 Å². The van der Waals surface area contributed by atoms with Crippen LogP contribution in [0.25, 0.3) is 22.3 Å². The first-order valence-corrected chi connectivity index (χ1v) is 15.2. The van der Waals surface area contributed by atoms with Gasteiger partial charge in [0, 0.05) is 54.6 Å². The van der Waals surface area contributed by atoms with E-state index in [1.807, 2.05) is 47.0 Å². The molecule has 0 spiro atoms. The maximum atomic E-state index is 13.6. The van der Waals surface area contributed by atoms with E-state index in [4.69, 9.17) is 19.2 Å². The van der Waals surface area contributed by atoms with E-state index >= 15 is 0 Å². The van der Waals surface area contributed by atoms with Crippen LogP contribution in [0.4, 0.5) is 4.79 Å². The van der Waals surface area contributed by atoms with Crippen molar-refractivity contribution in [3.05, 3.63) is 56.9 Å². The van der Waals surface area contributed by atoms with Crippen LogP contribution >= 0.6 is 0 Å². The molecule has 1 N–H and O–H groups in total. The van der Waals surface area contributed by atoms with Crippen molar-refractivity contribution in [3.63, 3.8) is 0 Å². The quantitative estimate of drug-likeness (QED) is 0.338. The van der Waals surface area contributed by atoms with Crippen LogP contribution < -0.4 is 10.3 Å². The Morgan fingerprint density at radius 1 is 1.18 bits per heavy atom. The number of ether oxygens (including phenoxy) is 3. The van der Waals surface area contributed by atoms with E-state index in [0.29, 0.717) is 61.5 Å². The summed E-state index contributed by atoms with van der Waals surface area (Å²) in [5, 5.41) is 12.1. The maximum absolute atomic E-state index is 13.6. The number of aromatic nitrogens is 2. The zero-order valence-electron chi connectivity index (χ0n) is 26.2. The van der Waals surface area contributed by atoms with Crippen LogP contribution in [0.5, 0.6) is 5.75 Å². The molecule has 44 heavy (non-hydrogen) atoms. The first-order chi connectivity index (χ1) is 20.8. The smallest absolute Gasteiger partial charge is 0.410 e. The average molecular weight is 605 g/mol. The predicted molar refractivity (Wildman–Crippen MR) is 163 cm³/mol. The van der Waals surface area contributed by atoms with Gasteiger partial charge in [0.05, 0.1) is 29.0 Å². The highest BCUT2D eigenvalue weighted by atomic mass is 16.6. The van der Waals surface area contributed by atoms with Crippen molar-refractivity contribution >= 4 is 23.0 Å². The van der Waals surface area contributed by atoms with Crippen LogP contribution in [0, 0.1) is 0 Å². The van der Waals surface area contributed by atoms with Crippen molar-refractivity contribution in [2.24, 2.45) is 0 Å². The number of amides is 1. The number of rotatable bonds is 5. The molecule has 3 aliphatic rings. The third-order valence-corrected chi connectivity index (χ3v) is 8.62. The summed E-state index contributed by atoms with van der Waals surface area (Å²) in [6.07, 6.45) is 1.14. The number of carbonyl (C=O) groups excluding carboxylic acids is 2. The number of esters is 1. The first kappa shape index (κ1) is 30.1. The number of aliphatic hydroxyl groups is 1. The van der Waals surface area contributed by atoms with Gasteiger partial charge < -0.3 is 33.7 Å². The van der Waals surface area contributed by atoms with Gasteiger partial charge in [0.15, 0.2) is 5.60 Å². The highest BCUT2D eigenvalue weighted by molar-refractivity contribution is 5.89. The van der Waals surface area contributed by atoms with E-state index in [0.717, 1.165) is 27.8 Å². The van der Waals surface area contributed by atoms with Crippen molar-refractivity contribution in [1.29, 1.82) is 0 Å². The van der Waals surface area contributed by atoms with Crippen LogP contribution in [-0.4, -0.2) is 75.4 Å². The summed E-state index contributed by atoms with van der Waals surface area (Å²) in [4.78, 5) is 47.4. The standard InChI is InChI=1S/C33H40N4O7/c1-7-33(41)24-15-26-28-19(16-37(26)29(38)23(24)18-42-30(33)39)14-21-22(17-35(5)6)27(9-8-25(21)34-28)43-20-10-12-36(13-11-20)31(40)44-32(2,3)4/h8-9,14-15,20,41H,7,10-13,16-18H2,1-6H3/t33-/m0/s1. The van der Waals surface area contributed by atoms with Gasteiger partial charge in [-0.05, 0) is 65.6 Å². The van der Waals surface area contributed by atoms with E-state index < -0.39 is 17.2 Å². The Morgan fingerprint density at radius 3 is 2.57 bits per heavy atom. The van der Waals surface area contributed by atoms with Gasteiger partial charge in [-0.15, -0.1) is 0 Å². The molecule has 1 saturated heterocycles. The Labute approximate surface area is 256 Å². The number of likely N-dealkylation sites (tertiary alicyclic amines) is 1. The van der Waals surface area contributed by atoms with Crippen LogP contribution in [0.3, 0.4) is 0 Å². The zero-order valence-corrected chi connectivity index (χ0v) is 26.2. The highest BCUT2D eigenvalue weighted by Gasteiger charge is 2.45. The highest BCUT2D eigenvalue weighted by Crippen LogP contribution is 2.40. The molecule has 11 nitrogen and oxygen atoms in total. The number of fused-ring (bicyclic) bond motifs is 5. The monoisotopic (exact) mass is 604 g/mol. The van der Waals surface area contributed by atoms with Crippen molar-refractivity contribution in [2.75, 3.05) is 27.2 Å². The minimum absolute atomic E-state index is 0.0502. The lowest BCUT2D eigenvalue weighted by Crippen LogP contribution is -2.44. The van der Waals surface area contributed by atoms with Gasteiger partial charge in [0.2, 0.25) is 0 Å². The minimum Gasteiger partial charge on any atom is -0.490 e. The molecule has 2 aromatic heterocycles. The Kier molecular flexibility index (Phi) is 7.44. The molecule has 3 aromatic rings. The molecule has 0 bridgehead atoms. The fraction of sp³-hybridized carbons (Fsp3) is 0.515. The summed E-state index contributed by atoms with van der Waals surface area (Å²) in [7, 11) is 4.00. The second-order valence-corrected chi connectivity index (χ2v) is 13.2. The lowest BCUT2D eigenvalue weighted by Gasteiger charge is -2.34. The fourth-order valence-corrected chi connectivity index (χ4v) is 6.34. The van der Waals surface area contributed by atoms with Crippen molar-refractivity contribution < 1.29 is 28.9 Å². The lowest BCUT2D eigenvalue weighted by molar-refractivity contribution is -0.172. The molecule has 1 fully saturated rings. The normalized spacial score (nSPS) is 19.9. The fourth-order valence-electron chi connectivity index (χ4n) is 6.34. The number of piperidine rings is 1. The molecule has 11 heteroatoms. The number of cyclic esters (lactones) is 1. The largest absolute Gasteiger partial charge is 0.490 e. The number of nitrogens with zero attached hydrogens (tertiary/aromatic N) is 4. The number of hydrogen-bond acceptors (Lipinski definition) is 9. The first-order valence-electron chi connectivity index (χ1n) is 15.2. The predicted octanol–water partition coefficient (Wildman–Crippen LogP) is 3.92. The third-order valence-electron chi connectivity index (χ3n) is 8.62. The minimum atomic E-state index is -1.86. The number of benzene rings is 1. The van der Waals surface area contributed by atoms with Gasteiger partial charge in [-0.3, -0.25) is 4.79 Å². The number of hydrogen-bond donors (Lipinski definition) is 1. The summed E-state index contributed by atoms with van der Waals surface area (Å²) >= 11 is 0. The molecule has 5 heterocycles.